The maximum atomic E-state index is 14.0. The number of aromatic amines is 1. The number of pyridine rings is 1. The number of fused-ring (bicyclic) bond motifs is 1. The van der Waals surface area contributed by atoms with Crippen LogP contribution in [0.4, 0.5) is 43.7 Å². The number of benzene rings is 2. The van der Waals surface area contributed by atoms with Crippen LogP contribution in [0, 0.1) is 0 Å². The number of hydrogen-bond donors (Lipinski definition) is 3. The number of amides is 1. The first-order valence-corrected chi connectivity index (χ1v) is 13.5. The summed E-state index contributed by atoms with van der Waals surface area (Å²) in [7, 11) is 1.66. The molecule has 240 valence electrons. The molecule has 11 nitrogen and oxygen atoms in total. The Balaban J connectivity index is 1.21. The minimum Gasteiger partial charge on any atom is -0.457 e. The number of halogens is 6. The molecule has 0 aliphatic carbocycles. The largest absolute Gasteiger partial charge is 0.457 e. The number of carbonyl (C=O) groups is 1. The lowest BCUT2D eigenvalue weighted by molar-refractivity contribution is -0.141. The van der Waals surface area contributed by atoms with Crippen molar-refractivity contribution < 1.29 is 35.9 Å². The van der Waals surface area contributed by atoms with E-state index >= 15 is 0 Å². The molecule has 0 saturated carbocycles. The second-order valence-corrected chi connectivity index (χ2v) is 10.0. The highest BCUT2D eigenvalue weighted by molar-refractivity contribution is 6.19. The van der Waals surface area contributed by atoms with Crippen LogP contribution >= 0.6 is 0 Å². The average Bonchev–Trinajstić information content (AvgIpc) is 3.79. The Labute approximate surface area is 260 Å². The van der Waals surface area contributed by atoms with Gasteiger partial charge >= 0.3 is 12.4 Å². The van der Waals surface area contributed by atoms with E-state index in [-0.39, 0.29) is 34.6 Å². The number of carbonyl (C=O) groups excluding carboxylic acids is 1. The van der Waals surface area contributed by atoms with Gasteiger partial charge in [0, 0.05) is 43.5 Å². The van der Waals surface area contributed by atoms with Gasteiger partial charge in [0.25, 0.3) is 5.91 Å². The van der Waals surface area contributed by atoms with E-state index in [1.54, 1.807) is 29.8 Å². The Bertz CT molecular complexity index is 2110. The van der Waals surface area contributed by atoms with E-state index in [9.17, 15) is 31.1 Å². The number of aromatic nitrogens is 7. The van der Waals surface area contributed by atoms with Crippen molar-refractivity contribution in [3.8, 4) is 23.0 Å². The molecular formula is C30H21F6N9O2. The number of anilines is 3. The van der Waals surface area contributed by atoms with Gasteiger partial charge in [0.1, 0.15) is 28.6 Å². The van der Waals surface area contributed by atoms with E-state index < -0.39 is 35.2 Å². The van der Waals surface area contributed by atoms with Crippen LogP contribution in [0.3, 0.4) is 0 Å². The zero-order chi connectivity index (χ0) is 33.5. The van der Waals surface area contributed by atoms with Crippen LogP contribution in [-0.2, 0) is 24.2 Å². The first-order chi connectivity index (χ1) is 22.3. The minimum absolute atomic E-state index is 0.0482. The third kappa shape index (κ3) is 6.49. The predicted molar refractivity (Wildman–Crippen MR) is 159 cm³/mol. The van der Waals surface area contributed by atoms with Crippen molar-refractivity contribution in [1.29, 1.82) is 0 Å². The van der Waals surface area contributed by atoms with Crippen LogP contribution in [0.15, 0.2) is 86.0 Å². The third-order valence-corrected chi connectivity index (χ3v) is 6.82. The van der Waals surface area contributed by atoms with E-state index in [2.05, 4.69) is 42.2 Å². The Morgan fingerprint density at radius 3 is 2.45 bits per heavy atom. The molecule has 0 radical (unpaired) electrons. The summed E-state index contributed by atoms with van der Waals surface area (Å²) in [6.45, 7) is 3.58. The van der Waals surface area contributed by atoms with Gasteiger partial charge in [0.15, 0.2) is 5.82 Å². The van der Waals surface area contributed by atoms with Crippen LogP contribution in [0.25, 0.3) is 28.2 Å². The standard InChI is InChI=1S/C30H21F6N9O2/c1-16(45-11-3-9-39-45)27(46)41-21-6-4-17(12-20(21)29(31,32)33)40-28-42-22-13-18(5-7-24(22)44(28)2)47-19-8-10-37-23(14-19)26-38-15-25(43-26)30(34,35)36/h3-15H,1H2,2H3,(H,38,43)(H,40,42)(H,41,46). The predicted octanol–water partition coefficient (Wildman–Crippen LogP) is 7.24. The van der Waals surface area contributed by atoms with E-state index in [1.807, 2.05) is 0 Å². The fraction of sp³-hybridized carbons (Fsp3) is 0.100. The monoisotopic (exact) mass is 653 g/mol. The molecule has 47 heavy (non-hydrogen) atoms. The highest BCUT2D eigenvalue weighted by Crippen LogP contribution is 2.38. The number of H-pyrrole nitrogens is 1. The van der Waals surface area contributed by atoms with Gasteiger partial charge in [0.2, 0.25) is 5.95 Å². The maximum absolute atomic E-state index is 14.0. The Morgan fingerprint density at radius 1 is 0.957 bits per heavy atom. The molecule has 6 rings (SSSR count). The van der Waals surface area contributed by atoms with Crippen LogP contribution in [0.5, 0.6) is 11.5 Å². The number of aryl methyl sites for hydroxylation is 1. The van der Waals surface area contributed by atoms with Crippen molar-refractivity contribution in [3.05, 3.63) is 97.2 Å². The molecule has 0 bridgehead atoms. The van der Waals surface area contributed by atoms with Crippen LogP contribution in [0.2, 0.25) is 0 Å². The fourth-order valence-electron chi connectivity index (χ4n) is 4.51. The SMILES string of the molecule is C=C(C(=O)Nc1ccc(Nc2nc3cc(Oc4ccnc(-c5ncc(C(F)(F)F)[nH]5)c4)ccc3n2C)cc1C(F)(F)F)n1cccn1. The van der Waals surface area contributed by atoms with Crippen molar-refractivity contribution in [1.82, 2.24) is 34.3 Å². The van der Waals surface area contributed by atoms with Crippen molar-refractivity contribution in [2.45, 2.75) is 12.4 Å². The van der Waals surface area contributed by atoms with E-state index in [0.29, 0.717) is 23.0 Å². The summed E-state index contributed by atoms with van der Waals surface area (Å²) >= 11 is 0. The zero-order valence-corrected chi connectivity index (χ0v) is 24.0. The number of alkyl halides is 6. The van der Waals surface area contributed by atoms with Gasteiger partial charge in [-0.3, -0.25) is 9.78 Å². The lowest BCUT2D eigenvalue weighted by atomic mass is 10.1. The molecule has 3 N–H and O–H groups in total. The molecule has 4 aromatic heterocycles. The summed E-state index contributed by atoms with van der Waals surface area (Å²) in [4.78, 5) is 27.0. The molecule has 2 aromatic carbocycles. The molecule has 0 aliphatic heterocycles. The molecule has 17 heteroatoms. The van der Waals surface area contributed by atoms with Crippen LogP contribution < -0.4 is 15.4 Å². The number of hydrogen-bond acceptors (Lipinski definition) is 7. The van der Waals surface area contributed by atoms with Crippen molar-refractivity contribution in [2.75, 3.05) is 10.6 Å². The molecule has 6 aromatic rings. The van der Waals surface area contributed by atoms with E-state index in [1.165, 1.54) is 42.9 Å². The molecule has 0 unspecified atom stereocenters. The quantitative estimate of drug-likeness (QED) is 0.117. The second-order valence-electron chi connectivity index (χ2n) is 10.0. The Kier molecular flexibility index (Phi) is 7.66. The summed E-state index contributed by atoms with van der Waals surface area (Å²) < 4.78 is 89.6. The summed E-state index contributed by atoms with van der Waals surface area (Å²) in [5.74, 6) is -0.173. The van der Waals surface area contributed by atoms with Gasteiger partial charge in [-0.15, -0.1) is 0 Å². The van der Waals surface area contributed by atoms with Crippen LogP contribution in [-0.4, -0.2) is 40.2 Å². The van der Waals surface area contributed by atoms with Gasteiger partial charge < -0.3 is 24.9 Å². The molecule has 0 saturated heterocycles. The van der Waals surface area contributed by atoms with Gasteiger partial charge in [-0.2, -0.15) is 31.4 Å². The van der Waals surface area contributed by atoms with Gasteiger partial charge in [-0.05, 0) is 42.5 Å². The molecule has 0 atom stereocenters. The number of rotatable bonds is 8. The first-order valence-electron chi connectivity index (χ1n) is 13.5. The molecule has 4 heterocycles. The van der Waals surface area contributed by atoms with E-state index in [4.69, 9.17) is 4.74 Å². The fourth-order valence-corrected chi connectivity index (χ4v) is 4.51. The summed E-state index contributed by atoms with van der Waals surface area (Å²) in [5, 5.41) is 8.97. The molecule has 0 fully saturated rings. The maximum Gasteiger partial charge on any atom is 0.432 e. The van der Waals surface area contributed by atoms with Crippen LogP contribution in [0.1, 0.15) is 11.3 Å². The van der Waals surface area contributed by atoms with Crippen molar-refractivity contribution in [3.63, 3.8) is 0 Å². The highest BCUT2D eigenvalue weighted by atomic mass is 19.4. The second kappa shape index (κ2) is 11.7. The Hall–Kier alpha value is -6.13. The number of ether oxygens (including phenoxy) is 1. The summed E-state index contributed by atoms with van der Waals surface area (Å²) in [6, 6.07) is 12.7. The molecule has 1 amide bonds. The first kappa shape index (κ1) is 30.9. The average molecular weight is 654 g/mol. The molecule has 0 aliphatic rings. The van der Waals surface area contributed by atoms with Gasteiger partial charge in [-0.1, -0.05) is 6.58 Å². The Morgan fingerprint density at radius 2 is 1.74 bits per heavy atom. The van der Waals surface area contributed by atoms with Crippen molar-refractivity contribution in [2.24, 2.45) is 7.05 Å². The topological polar surface area (TPSA) is 128 Å². The minimum atomic E-state index is -4.81. The highest BCUT2D eigenvalue weighted by Gasteiger charge is 2.35. The summed E-state index contributed by atoms with van der Waals surface area (Å²) in [5.41, 5.74) is -1.55. The van der Waals surface area contributed by atoms with E-state index in [0.717, 1.165) is 16.8 Å². The smallest absolute Gasteiger partial charge is 0.432 e. The lowest BCUT2D eigenvalue weighted by Gasteiger charge is -2.16. The lowest BCUT2D eigenvalue weighted by Crippen LogP contribution is -2.20. The molecule has 0 spiro atoms. The normalized spacial score (nSPS) is 11.9. The summed E-state index contributed by atoms with van der Waals surface area (Å²) in [6.07, 6.45) is -4.55. The van der Waals surface area contributed by atoms with Crippen molar-refractivity contribution >= 4 is 40.0 Å². The zero-order valence-electron chi connectivity index (χ0n) is 24.0. The number of nitrogens with one attached hydrogen (secondary N) is 3. The number of imidazole rings is 2. The third-order valence-electron chi connectivity index (χ3n) is 6.82. The van der Waals surface area contributed by atoms with Gasteiger partial charge in [-0.25, -0.2) is 14.6 Å². The molecular weight excluding hydrogens is 632 g/mol. The number of nitrogens with zero attached hydrogens (tertiary/aromatic N) is 6. The van der Waals surface area contributed by atoms with Gasteiger partial charge in [0.05, 0.1) is 28.5 Å².